The molecule has 1 aromatic carbocycles. The van der Waals surface area contributed by atoms with Crippen LogP contribution >= 0.6 is 0 Å². The van der Waals surface area contributed by atoms with Gasteiger partial charge >= 0.3 is 6.09 Å². The summed E-state index contributed by atoms with van der Waals surface area (Å²) in [4.78, 5) is 11.7. The first-order chi connectivity index (χ1) is 10.6. The molecule has 1 fully saturated rings. The van der Waals surface area contributed by atoms with Crippen molar-refractivity contribution in [2.75, 3.05) is 13.2 Å². The van der Waals surface area contributed by atoms with Gasteiger partial charge < -0.3 is 30.1 Å². The van der Waals surface area contributed by atoms with E-state index >= 15 is 0 Å². The monoisotopic (exact) mass is 311 g/mol. The summed E-state index contributed by atoms with van der Waals surface area (Å²) in [6, 6.07) is 8.57. The van der Waals surface area contributed by atoms with Gasteiger partial charge in [-0.2, -0.15) is 0 Å². The Bertz CT molecular complexity index is 468. The topological polar surface area (TPSA) is 108 Å². The van der Waals surface area contributed by atoms with Crippen LogP contribution in [0.2, 0.25) is 0 Å². The number of hydrogen-bond donors (Lipinski definition) is 4. The van der Waals surface area contributed by atoms with Crippen LogP contribution in [0.1, 0.15) is 12.0 Å². The second kappa shape index (κ2) is 8.09. The van der Waals surface area contributed by atoms with Crippen LogP contribution in [0, 0.1) is 0 Å². The van der Waals surface area contributed by atoms with Crippen LogP contribution in [0.4, 0.5) is 4.79 Å². The molecule has 0 saturated heterocycles. The number of ether oxygens (including phenoxy) is 2. The number of amides is 1. The van der Waals surface area contributed by atoms with Crippen molar-refractivity contribution in [1.29, 1.82) is 0 Å². The summed E-state index contributed by atoms with van der Waals surface area (Å²) >= 11 is 0. The minimum atomic E-state index is -1.13. The van der Waals surface area contributed by atoms with Gasteiger partial charge in [-0.15, -0.1) is 0 Å². The molecule has 1 aliphatic carbocycles. The van der Waals surface area contributed by atoms with Crippen molar-refractivity contribution in [2.24, 2.45) is 0 Å². The number of carbonyl (C=O) groups is 1. The Morgan fingerprint density at radius 2 is 1.95 bits per heavy atom. The van der Waals surface area contributed by atoms with Gasteiger partial charge in [-0.25, -0.2) is 4.79 Å². The molecule has 22 heavy (non-hydrogen) atoms. The third-order valence-corrected chi connectivity index (χ3v) is 3.57. The molecule has 1 aliphatic rings. The van der Waals surface area contributed by atoms with Gasteiger partial charge in [0.2, 0.25) is 0 Å². The molecule has 0 spiro atoms. The highest BCUT2D eigenvalue weighted by atomic mass is 16.5. The van der Waals surface area contributed by atoms with Gasteiger partial charge in [-0.3, -0.25) is 0 Å². The van der Waals surface area contributed by atoms with Crippen LogP contribution < -0.4 is 5.32 Å². The predicted octanol–water partition coefficient (Wildman–Crippen LogP) is -0.216. The second-order valence-corrected chi connectivity index (χ2v) is 5.16. The molecule has 1 amide bonds. The average Bonchev–Trinajstić information content (AvgIpc) is 2.80. The number of hydrogen-bond acceptors (Lipinski definition) is 6. The van der Waals surface area contributed by atoms with E-state index in [1.807, 2.05) is 30.3 Å². The molecule has 4 N–H and O–H groups in total. The van der Waals surface area contributed by atoms with Crippen molar-refractivity contribution in [3.05, 3.63) is 35.9 Å². The summed E-state index contributed by atoms with van der Waals surface area (Å²) < 4.78 is 10.3. The molecule has 0 heterocycles. The summed E-state index contributed by atoms with van der Waals surface area (Å²) in [6.45, 7) is 0.0264. The molecule has 1 saturated carbocycles. The summed E-state index contributed by atoms with van der Waals surface area (Å²) in [5, 5.41) is 31.0. The van der Waals surface area contributed by atoms with Crippen molar-refractivity contribution in [3.8, 4) is 0 Å². The number of aliphatic hydroxyl groups is 3. The lowest BCUT2D eigenvalue weighted by Crippen LogP contribution is -2.43. The number of aliphatic hydroxyl groups excluding tert-OH is 3. The minimum absolute atomic E-state index is 0.0691. The van der Waals surface area contributed by atoms with Gasteiger partial charge in [0.25, 0.3) is 0 Å². The predicted molar refractivity (Wildman–Crippen MR) is 77.0 cm³/mol. The molecule has 2 rings (SSSR count). The normalized spacial score (nSPS) is 27.6. The molecule has 0 aromatic heterocycles. The lowest BCUT2D eigenvalue weighted by atomic mass is 10.2. The minimum Gasteiger partial charge on any atom is -0.445 e. The summed E-state index contributed by atoms with van der Waals surface area (Å²) in [7, 11) is 0. The Morgan fingerprint density at radius 3 is 2.64 bits per heavy atom. The summed E-state index contributed by atoms with van der Waals surface area (Å²) in [6.07, 6.45) is -3.27. The lowest BCUT2D eigenvalue weighted by molar-refractivity contribution is -0.0620. The molecular weight excluding hydrogens is 290 g/mol. The molecule has 0 unspecified atom stereocenters. The van der Waals surface area contributed by atoms with Gasteiger partial charge in [-0.05, 0) is 12.0 Å². The maximum Gasteiger partial charge on any atom is 0.407 e. The van der Waals surface area contributed by atoms with Crippen LogP contribution in [0.5, 0.6) is 0 Å². The quantitative estimate of drug-likeness (QED) is 0.579. The van der Waals surface area contributed by atoms with Crippen LogP contribution in [0.25, 0.3) is 0 Å². The zero-order valence-corrected chi connectivity index (χ0v) is 12.1. The van der Waals surface area contributed by atoms with Crippen LogP contribution in [-0.4, -0.2) is 59.0 Å². The number of alkyl carbamates (subject to hydrolysis) is 1. The van der Waals surface area contributed by atoms with Crippen molar-refractivity contribution >= 4 is 6.09 Å². The number of carbonyl (C=O) groups excluding carboxylic acids is 1. The molecule has 7 heteroatoms. The van der Waals surface area contributed by atoms with Crippen LogP contribution in [0.15, 0.2) is 30.3 Å². The Kier molecular flexibility index (Phi) is 6.14. The van der Waals surface area contributed by atoms with Crippen LogP contribution in [-0.2, 0) is 16.1 Å². The van der Waals surface area contributed by atoms with E-state index in [2.05, 4.69) is 5.32 Å². The molecule has 1 aromatic rings. The van der Waals surface area contributed by atoms with E-state index in [1.165, 1.54) is 0 Å². The first kappa shape index (κ1) is 16.7. The van der Waals surface area contributed by atoms with Gasteiger partial charge in [0.15, 0.2) is 0 Å². The largest absolute Gasteiger partial charge is 0.445 e. The smallest absolute Gasteiger partial charge is 0.407 e. The maximum atomic E-state index is 11.7. The molecule has 4 atom stereocenters. The SMILES string of the molecule is O=C(N[C@@H]1C[C@H](OCCO)[C@@H](O)[C@H]1O)OCc1ccccc1. The maximum absolute atomic E-state index is 11.7. The van der Waals surface area contributed by atoms with E-state index in [-0.39, 0.29) is 26.2 Å². The van der Waals surface area contributed by atoms with E-state index in [4.69, 9.17) is 14.6 Å². The summed E-state index contributed by atoms with van der Waals surface area (Å²) in [5.74, 6) is 0. The first-order valence-corrected chi connectivity index (χ1v) is 7.17. The Balaban J connectivity index is 1.78. The molecule has 0 bridgehead atoms. The van der Waals surface area contributed by atoms with E-state index in [1.54, 1.807) is 0 Å². The number of rotatable bonds is 6. The van der Waals surface area contributed by atoms with E-state index in [9.17, 15) is 15.0 Å². The fourth-order valence-electron chi connectivity index (χ4n) is 2.42. The van der Waals surface area contributed by atoms with Crippen molar-refractivity contribution in [3.63, 3.8) is 0 Å². The lowest BCUT2D eigenvalue weighted by Gasteiger charge is -2.17. The van der Waals surface area contributed by atoms with E-state index in [0.717, 1.165) is 5.56 Å². The standard InChI is InChI=1S/C15H21NO6/c17-6-7-21-12-8-11(13(18)14(12)19)16-15(20)22-9-10-4-2-1-3-5-10/h1-5,11-14,17-19H,6-9H2,(H,16,20)/t11-,12+,13+,14-/m1/s1. The highest BCUT2D eigenvalue weighted by molar-refractivity contribution is 5.67. The van der Waals surface area contributed by atoms with Crippen molar-refractivity contribution in [1.82, 2.24) is 5.32 Å². The van der Waals surface area contributed by atoms with Gasteiger partial charge in [0.1, 0.15) is 18.8 Å². The highest BCUT2D eigenvalue weighted by Crippen LogP contribution is 2.23. The molecule has 0 aliphatic heterocycles. The van der Waals surface area contributed by atoms with Crippen LogP contribution in [0.3, 0.4) is 0 Å². The Morgan fingerprint density at radius 1 is 1.23 bits per heavy atom. The zero-order chi connectivity index (χ0) is 15.9. The second-order valence-electron chi connectivity index (χ2n) is 5.16. The Labute approximate surface area is 128 Å². The highest BCUT2D eigenvalue weighted by Gasteiger charge is 2.43. The first-order valence-electron chi connectivity index (χ1n) is 7.17. The fourth-order valence-corrected chi connectivity index (χ4v) is 2.42. The third-order valence-electron chi connectivity index (χ3n) is 3.57. The number of benzene rings is 1. The van der Waals surface area contributed by atoms with Crippen molar-refractivity contribution in [2.45, 2.75) is 37.4 Å². The van der Waals surface area contributed by atoms with E-state index in [0.29, 0.717) is 0 Å². The Hall–Kier alpha value is -1.67. The summed E-state index contributed by atoms with van der Waals surface area (Å²) in [5.41, 5.74) is 0.855. The molecule has 122 valence electrons. The fraction of sp³-hybridized carbons (Fsp3) is 0.533. The van der Waals surface area contributed by atoms with Gasteiger partial charge in [0, 0.05) is 0 Å². The molecular formula is C15H21NO6. The molecule has 7 nitrogen and oxygen atoms in total. The zero-order valence-electron chi connectivity index (χ0n) is 12.1. The average molecular weight is 311 g/mol. The molecule has 0 radical (unpaired) electrons. The third kappa shape index (κ3) is 4.41. The van der Waals surface area contributed by atoms with Gasteiger partial charge in [0.05, 0.1) is 25.4 Å². The van der Waals surface area contributed by atoms with Crippen molar-refractivity contribution < 1.29 is 29.6 Å². The van der Waals surface area contributed by atoms with E-state index < -0.39 is 30.4 Å². The number of nitrogens with one attached hydrogen (secondary N) is 1. The van der Waals surface area contributed by atoms with Gasteiger partial charge in [-0.1, -0.05) is 30.3 Å².